The van der Waals surface area contributed by atoms with Gasteiger partial charge in [-0.3, -0.25) is 15.1 Å². The van der Waals surface area contributed by atoms with Gasteiger partial charge in [-0.25, -0.2) is 9.78 Å². The van der Waals surface area contributed by atoms with Crippen molar-refractivity contribution in [2.45, 2.75) is 19.4 Å². The summed E-state index contributed by atoms with van der Waals surface area (Å²) in [6.45, 7) is 2.07. The standard InChI is InChI=1S/C15H15BrN4O4/c1-2-12(19-14-4-3-13(8-18-14)20(22)23)9-24-15(21)10-5-11(16)7-17-6-10/h3-8,12H,2,9H2,1H3,(H,18,19). The third kappa shape index (κ3) is 4.98. The molecular formula is C15H15BrN4O4. The SMILES string of the molecule is CCC(COC(=O)c1cncc(Br)c1)Nc1ccc([N+](=O)[O-])cn1. The van der Waals surface area contributed by atoms with Gasteiger partial charge in [0.25, 0.3) is 5.69 Å². The molecule has 0 spiro atoms. The van der Waals surface area contributed by atoms with E-state index in [1.54, 1.807) is 12.3 Å². The molecule has 0 radical (unpaired) electrons. The van der Waals surface area contributed by atoms with Crippen molar-refractivity contribution in [1.29, 1.82) is 0 Å². The summed E-state index contributed by atoms with van der Waals surface area (Å²) in [6.07, 6.45) is 4.86. The lowest BCUT2D eigenvalue weighted by Gasteiger charge is -2.17. The summed E-state index contributed by atoms with van der Waals surface area (Å²) in [6, 6.07) is 4.34. The predicted octanol–water partition coefficient (Wildman–Crippen LogP) is 3.19. The minimum absolute atomic E-state index is 0.0813. The number of carbonyl (C=O) groups is 1. The summed E-state index contributed by atoms with van der Waals surface area (Å²) in [5.74, 6) is 0.00771. The topological polar surface area (TPSA) is 107 Å². The second kappa shape index (κ2) is 8.34. The molecule has 1 unspecified atom stereocenters. The lowest BCUT2D eigenvalue weighted by Crippen LogP contribution is -2.26. The van der Waals surface area contributed by atoms with Crippen LogP contribution in [0, 0.1) is 10.1 Å². The van der Waals surface area contributed by atoms with Crippen LogP contribution in [0.5, 0.6) is 0 Å². The van der Waals surface area contributed by atoms with Gasteiger partial charge in [0, 0.05) is 22.9 Å². The second-order valence-corrected chi connectivity index (χ2v) is 5.81. The molecule has 0 bridgehead atoms. The molecule has 0 saturated heterocycles. The number of ether oxygens (including phenoxy) is 1. The van der Waals surface area contributed by atoms with Crippen molar-refractivity contribution in [2.24, 2.45) is 0 Å². The molecule has 1 atom stereocenters. The predicted molar refractivity (Wildman–Crippen MR) is 90.8 cm³/mol. The molecule has 0 amide bonds. The Labute approximate surface area is 146 Å². The van der Waals surface area contributed by atoms with Gasteiger partial charge in [-0.2, -0.15) is 0 Å². The van der Waals surface area contributed by atoms with Crippen LogP contribution < -0.4 is 5.32 Å². The highest BCUT2D eigenvalue weighted by atomic mass is 79.9. The van der Waals surface area contributed by atoms with Crippen molar-refractivity contribution < 1.29 is 14.5 Å². The number of aromatic nitrogens is 2. The van der Waals surface area contributed by atoms with E-state index in [2.05, 4.69) is 31.2 Å². The van der Waals surface area contributed by atoms with Crippen molar-refractivity contribution in [3.8, 4) is 0 Å². The lowest BCUT2D eigenvalue weighted by molar-refractivity contribution is -0.385. The van der Waals surface area contributed by atoms with E-state index < -0.39 is 10.9 Å². The zero-order valence-electron chi connectivity index (χ0n) is 12.8. The number of rotatable bonds is 7. The zero-order valence-corrected chi connectivity index (χ0v) is 14.4. The van der Waals surface area contributed by atoms with Gasteiger partial charge in [0.15, 0.2) is 0 Å². The summed E-state index contributed by atoms with van der Waals surface area (Å²) in [4.78, 5) is 30.0. The molecule has 0 saturated carbocycles. The Morgan fingerprint density at radius 3 is 2.79 bits per heavy atom. The molecule has 1 N–H and O–H groups in total. The molecular weight excluding hydrogens is 380 g/mol. The van der Waals surface area contributed by atoms with Crippen LogP contribution >= 0.6 is 15.9 Å². The fraction of sp³-hybridized carbons (Fsp3) is 0.267. The fourth-order valence-electron chi connectivity index (χ4n) is 1.83. The molecule has 126 valence electrons. The number of nitrogens with zero attached hydrogens (tertiary/aromatic N) is 3. The second-order valence-electron chi connectivity index (χ2n) is 4.90. The molecule has 0 fully saturated rings. The molecule has 0 aliphatic heterocycles. The van der Waals surface area contributed by atoms with E-state index >= 15 is 0 Å². The molecule has 24 heavy (non-hydrogen) atoms. The maximum absolute atomic E-state index is 12.0. The van der Waals surface area contributed by atoms with Crippen molar-refractivity contribution in [3.63, 3.8) is 0 Å². The molecule has 2 aromatic rings. The van der Waals surface area contributed by atoms with E-state index in [1.807, 2.05) is 6.92 Å². The maximum Gasteiger partial charge on any atom is 0.339 e. The van der Waals surface area contributed by atoms with Crippen LogP contribution in [0.4, 0.5) is 11.5 Å². The van der Waals surface area contributed by atoms with E-state index in [0.717, 1.165) is 0 Å². The van der Waals surface area contributed by atoms with Gasteiger partial charge in [0.2, 0.25) is 0 Å². The maximum atomic E-state index is 12.0. The lowest BCUT2D eigenvalue weighted by atomic mass is 10.2. The third-order valence-electron chi connectivity index (χ3n) is 3.16. The van der Waals surface area contributed by atoms with Gasteiger partial charge in [-0.15, -0.1) is 0 Å². The molecule has 2 rings (SSSR count). The van der Waals surface area contributed by atoms with Crippen molar-refractivity contribution in [2.75, 3.05) is 11.9 Å². The first-order valence-corrected chi connectivity index (χ1v) is 7.93. The molecule has 0 aromatic carbocycles. The van der Waals surface area contributed by atoms with Gasteiger partial charge in [0.05, 0.1) is 16.5 Å². The Balaban J connectivity index is 1.92. The van der Waals surface area contributed by atoms with Crippen LogP contribution in [-0.2, 0) is 4.74 Å². The van der Waals surface area contributed by atoms with E-state index in [4.69, 9.17) is 4.74 Å². The highest BCUT2D eigenvalue weighted by Crippen LogP contribution is 2.14. The van der Waals surface area contributed by atoms with Crippen LogP contribution in [-0.4, -0.2) is 33.5 Å². The summed E-state index contributed by atoms with van der Waals surface area (Å²) >= 11 is 3.25. The van der Waals surface area contributed by atoms with Crippen LogP contribution in [0.1, 0.15) is 23.7 Å². The summed E-state index contributed by atoms with van der Waals surface area (Å²) < 4.78 is 5.96. The number of hydrogen-bond acceptors (Lipinski definition) is 7. The molecule has 9 heteroatoms. The zero-order chi connectivity index (χ0) is 17.5. The van der Waals surface area contributed by atoms with Gasteiger partial charge in [0.1, 0.15) is 18.6 Å². The highest BCUT2D eigenvalue weighted by Gasteiger charge is 2.14. The number of carbonyl (C=O) groups excluding carboxylic acids is 1. The molecule has 0 aliphatic carbocycles. The van der Waals surface area contributed by atoms with E-state index in [-0.39, 0.29) is 18.3 Å². The number of anilines is 1. The van der Waals surface area contributed by atoms with E-state index in [9.17, 15) is 14.9 Å². The molecule has 2 heterocycles. The molecule has 8 nitrogen and oxygen atoms in total. The Morgan fingerprint density at radius 1 is 1.42 bits per heavy atom. The quantitative estimate of drug-likeness (QED) is 0.436. The number of nitrogens with one attached hydrogen (secondary N) is 1. The molecule has 0 aliphatic rings. The van der Waals surface area contributed by atoms with E-state index in [0.29, 0.717) is 22.3 Å². The van der Waals surface area contributed by atoms with Crippen molar-refractivity contribution in [3.05, 3.63) is 56.9 Å². The van der Waals surface area contributed by atoms with Crippen LogP contribution in [0.15, 0.2) is 41.3 Å². The molecule has 2 aromatic heterocycles. The number of esters is 1. The van der Waals surface area contributed by atoms with Gasteiger partial charge < -0.3 is 10.1 Å². The largest absolute Gasteiger partial charge is 0.460 e. The van der Waals surface area contributed by atoms with Crippen LogP contribution in [0.25, 0.3) is 0 Å². The minimum atomic E-state index is -0.512. The Hall–Kier alpha value is -2.55. The monoisotopic (exact) mass is 394 g/mol. The first kappa shape index (κ1) is 17.8. The normalized spacial score (nSPS) is 11.6. The number of nitro groups is 1. The Bertz CT molecular complexity index is 724. The third-order valence-corrected chi connectivity index (χ3v) is 3.59. The Kier molecular flexibility index (Phi) is 6.19. The Morgan fingerprint density at radius 2 is 2.21 bits per heavy atom. The van der Waals surface area contributed by atoms with Crippen molar-refractivity contribution in [1.82, 2.24) is 9.97 Å². The smallest absolute Gasteiger partial charge is 0.339 e. The van der Waals surface area contributed by atoms with Crippen molar-refractivity contribution >= 4 is 33.4 Å². The van der Waals surface area contributed by atoms with Crippen LogP contribution in [0.2, 0.25) is 0 Å². The summed E-state index contributed by atoms with van der Waals surface area (Å²) in [5.41, 5.74) is 0.273. The summed E-state index contributed by atoms with van der Waals surface area (Å²) in [7, 11) is 0. The number of pyridine rings is 2. The number of hydrogen-bond donors (Lipinski definition) is 1. The van der Waals surface area contributed by atoms with Gasteiger partial charge >= 0.3 is 5.97 Å². The average Bonchev–Trinajstić information content (AvgIpc) is 2.58. The minimum Gasteiger partial charge on any atom is -0.460 e. The van der Waals surface area contributed by atoms with Crippen LogP contribution in [0.3, 0.4) is 0 Å². The fourth-order valence-corrected chi connectivity index (χ4v) is 2.20. The first-order valence-electron chi connectivity index (χ1n) is 7.14. The summed E-state index contributed by atoms with van der Waals surface area (Å²) in [5, 5.41) is 13.7. The van der Waals surface area contributed by atoms with Gasteiger partial charge in [-0.05, 0) is 34.5 Å². The highest BCUT2D eigenvalue weighted by molar-refractivity contribution is 9.10. The van der Waals surface area contributed by atoms with E-state index in [1.165, 1.54) is 24.5 Å². The first-order chi connectivity index (χ1) is 11.5. The van der Waals surface area contributed by atoms with Gasteiger partial charge in [-0.1, -0.05) is 6.92 Å². The average molecular weight is 395 g/mol. The number of halogens is 1.